The van der Waals surface area contributed by atoms with Crippen LogP contribution in [0.4, 0.5) is 0 Å². The van der Waals surface area contributed by atoms with Crippen molar-refractivity contribution >= 4 is 5.91 Å². The molecular weight excluding hydrogens is 280 g/mol. The van der Waals surface area contributed by atoms with E-state index < -0.39 is 0 Å². The van der Waals surface area contributed by atoms with E-state index in [-0.39, 0.29) is 11.8 Å². The van der Waals surface area contributed by atoms with Crippen molar-refractivity contribution < 1.29 is 9.32 Å². The van der Waals surface area contributed by atoms with Crippen molar-refractivity contribution in [3.63, 3.8) is 0 Å². The van der Waals surface area contributed by atoms with Gasteiger partial charge in [-0.3, -0.25) is 9.78 Å². The van der Waals surface area contributed by atoms with Gasteiger partial charge in [-0.1, -0.05) is 11.6 Å². The highest BCUT2D eigenvalue weighted by atomic mass is 16.5. The van der Waals surface area contributed by atoms with E-state index in [9.17, 15) is 4.79 Å². The second-order valence-electron chi connectivity index (χ2n) is 6.10. The molecule has 0 aromatic carbocycles. The zero-order chi connectivity index (χ0) is 14.9. The third-order valence-electron chi connectivity index (χ3n) is 4.67. The maximum Gasteiger partial charge on any atom is 0.259 e. The Morgan fingerprint density at radius 3 is 2.95 bits per heavy atom. The van der Waals surface area contributed by atoms with Crippen molar-refractivity contribution in [1.29, 1.82) is 0 Å². The van der Waals surface area contributed by atoms with Crippen LogP contribution in [0.3, 0.4) is 0 Å². The summed E-state index contributed by atoms with van der Waals surface area (Å²) in [6, 6.07) is 3.74. The molecule has 22 heavy (non-hydrogen) atoms. The topological polar surface area (TPSA) is 72.1 Å². The molecular formula is C16H18N4O2. The van der Waals surface area contributed by atoms with Crippen molar-refractivity contribution in [2.24, 2.45) is 5.92 Å². The van der Waals surface area contributed by atoms with Crippen LogP contribution in [0.15, 0.2) is 29.0 Å². The molecule has 6 heteroatoms. The van der Waals surface area contributed by atoms with E-state index in [1.165, 1.54) is 6.42 Å². The molecule has 6 nitrogen and oxygen atoms in total. The number of rotatable bonds is 3. The Hall–Kier alpha value is -2.24. The molecule has 1 saturated heterocycles. The summed E-state index contributed by atoms with van der Waals surface area (Å²) in [6.07, 6.45) is 7.61. The van der Waals surface area contributed by atoms with Crippen LogP contribution in [0.5, 0.6) is 0 Å². The third kappa shape index (κ3) is 2.38. The molecule has 2 aromatic heterocycles. The second-order valence-corrected chi connectivity index (χ2v) is 6.10. The van der Waals surface area contributed by atoms with E-state index in [0.717, 1.165) is 31.4 Å². The number of pyridine rings is 1. The van der Waals surface area contributed by atoms with E-state index in [0.29, 0.717) is 24.2 Å². The molecule has 4 rings (SSSR count). The maximum atomic E-state index is 12.3. The van der Waals surface area contributed by atoms with Crippen LogP contribution in [-0.4, -0.2) is 39.0 Å². The van der Waals surface area contributed by atoms with Gasteiger partial charge in [0.15, 0.2) is 5.82 Å². The zero-order valence-electron chi connectivity index (χ0n) is 12.3. The summed E-state index contributed by atoms with van der Waals surface area (Å²) >= 11 is 0. The second kappa shape index (κ2) is 5.51. The van der Waals surface area contributed by atoms with Crippen molar-refractivity contribution in [1.82, 2.24) is 20.0 Å². The Morgan fingerprint density at radius 2 is 2.23 bits per heavy atom. The number of likely N-dealkylation sites (tertiary alicyclic amines) is 1. The van der Waals surface area contributed by atoms with E-state index in [1.54, 1.807) is 12.4 Å². The first-order valence-corrected chi connectivity index (χ1v) is 7.84. The average molecular weight is 298 g/mol. The molecule has 2 aromatic rings. The van der Waals surface area contributed by atoms with Gasteiger partial charge in [-0.25, -0.2) is 0 Å². The SMILES string of the molecule is O=C(C1CCC1)N1CCC(c2noc(-c3cccnc3)n2)C1. The van der Waals surface area contributed by atoms with Gasteiger partial charge < -0.3 is 9.42 Å². The molecule has 0 N–H and O–H groups in total. The number of carbonyl (C=O) groups excluding carboxylic acids is 1. The predicted octanol–water partition coefficient (Wildman–Crippen LogP) is 2.25. The molecule has 1 aliphatic heterocycles. The maximum absolute atomic E-state index is 12.3. The van der Waals surface area contributed by atoms with Crippen LogP contribution in [0.25, 0.3) is 11.5 Å². The highest BCUT2D eigenvalue weighted by molar-refractivity contribution is 5.80. The number of hydrogen-bond donors (Lipinski definition) is 0. The lowest BCUT2D eigenvalue weighted by molar-refractivity contribution is -0.137. The fourth-order valence-electron chi connectivity index (χ4n) is 3.09. The largest absolute Gasteiger partial charge is 0.342 e. The summed E-state index contributed by atoms with van der Waals surface area (Å²) in [5.74, 6) is 1.94. The lowest BCUT2D eigenvalue weighted by atomic mass is 9.84. The normalized spacial score (nSPS) is 21.8. The third-order valence-corrected chi connectivity index (χ3v) is 4.67. The average Bonchev–Trinajstić information content (AvgIpc) is 3.15. The molecule has 1 amide bonds. The molecule has 0 radical (unpaired) electrons. The fraction of sp³-hybridized carbons (Fsp3) is 0.500. The van der Waals surface area contributed by atoms with Gasteiger partial charge in [-0.2, -0.15) is 4.98 Å². The standard InChI is InChI=1S/C16H18N4O2/c21-16(11-3-1-4-11)20-8-6-13(10-20)14-18-15(22-19-14)12-5-2-7-17-9-12/h2,5,7,9,11,13H,1,3-4,6,8,10H2. The Balaban J connectivity index is 1.45. The quantitative estimate of drug-likeness (QED) is 0.869. The molecule has 2 aliphatic rings. The Morgan fingerprint density at radius 1 is 1.32 bits per heavy atom. The summed E-state index contributed by atoms with van der Waals surface area (Å²) in [6.45, 7) is 1.51. The summed E-state index contributed by atoms with van der Waals surface area (Å²) in [4.78, 5) is 22.8. The number of nitrogens with zero attached hydrogens (tertiary/aromatic N) is 4. The molecule has 1 unspecified atom stereocenters. The molecule has 3 heterocycles. The smallest absolute Gasteiger partial charge is 0.259 e. The fourth-order valence-corrected chi connectivity index (χ4v) is 3.09. The lowest BCUT2D eigenvalue weighted by Crippen LogP contribution is -2.37. The van der Waals surface area contributed by atoms with E-state index in [4.69, 9.17) is 4.52 Å². The zero-order valence-corrected chi connectivity index (χ0v) is 12.3. The molecule has 0 bridgehead atoms. The van der Waals surface area contributed by atoms with Gasteiger partial charge in [-0.15, -0.1) is 0 Å². The molecule has 114 valence electrons. The van der Waals surface area contributed by atoms with E-state index in [1.807, 2.05) is 17.0 Å². The summed E-state index contributed by atoms with van der Waals surface area (Å²) in [7, 11) is 0. The van der Waals surface area contributed by atoms with Gasteiger partial charge in [0.2, 0.25) is 5.91 Å². The summed E-state index contributed by atoms with van der Waals surface area (Å²) < 4.78 is 5.33. The van der Waals surface area contributed by atoms with Crippen LogP contribution >= 0.6 is 0 Å². The van der Waals surface area contributed by atoms with Crippen LogP contribution in [0.2, 0.25) is 0 Å². The van der Waals surface area contributed by atoms with E-state index >= 15 is 0 Å². The monoisotopic (exact) mass is 298 g/mol. The molecule has 1 atom stereocenters. The van der Waals surface area contributed by atoms with Crippen LogP contribution in [0.1, 0.15) is 37.4 Å². The molecule has 0 spiro atoms. The van der Waals surface area contributed by atoms with Gasteiger partial charge in [0.05, 0.1) is 5.56 Å². The Bertz CT molecular complexity index is 666. The van der Waals surface area contributed by atoms with Gasteiger partial charge in [0.25, 0.3) is 5.89 Å². The minimum Gasteiger partial charge on any atom is -0.342 e. The molecule has 1 saturated carbocycles. The molecule has 2 fully saturated rings. The molecule has 1 aliphatic carbocycles. The van der Waals surface area contributed by atoms with E-state index in [2.05, 4.69) is 15.1 Å². The number of carbonyl (C=O) groups is 1. The van der Waals surface area contributed by atoms with Crippen molar-refractivity contribution in [2.45, 2.75) is 31.6 Å². The number of amides is 1. The first-order chi connectivity index (χ1) is 10.8. The van der Waals surface area contributed by atoms with Crippen LogP contribution < -0.4 is 0 Å². The van der Waals surface area contributed by atoms with Gasteiger partial charge in [-0.05, 0) is 31.4 Å². The number of hydrogen-bond acceptors (Lipinski definition) is 5. The van der Waals surface area contributed by atoms with Gasteiger partial charge >= 0.3 is 0 Å². The predicted molar refractivity (Wildman–Crippen MR) is 78.8 cm³/mol. The van der Waals surface area contributed by atoms with Crippen molar-refractivity contribution in [3.8, 4) is 11.5 Å². The minimum atomic E-state index is 0.179. The minimum absolute atomic E-state index is 0.179. The summed E-state index contributed by atoms with van der Waals surface area (Å²) in [5.41, 5.74) is 0.821. The van der Waals surface area contributed by atoms with Crippen LogP contribution in [0, 0.1) is 5.92 Å². The van der Waals surface area contributed by atoms with Crippen molar-refractivity contribution in [2.75, 3.05) is 13.1 Å². The van der Waals surface area contributed by atoms with Gasteiger partial charge in [0.1, 0.15) is 0 Å². The first kappa shape index (κ1) is 13.4. The highest BCUT2D eigenvalue weighted by Gasteiger charge is 2.35. The summed E-state index contributed by atoms with van der Waals surface area (Å²) in [5, 5.41) is 4.10. The van der Waals surface area contributed by atoms with Gasteiger partial charge in [0, 0.05) is 37.3 Å². The highest BCUT2D eigenvalue weighted by Crippen LogP contribution is 2.32. The Labute approximate surface area is 128 Å². The Kier molecular flexibility index (Phi) is 3.36. The van der Waals surface area contributed by atoms with Crippen LogP contribution in [-0.2, 0) is 4.79 Å². The first-order valence-electron chi connectivity index (χ1n) is 7.84. The number of aromatic nitrogens is 3. The lowest BCUT2D eigenvalue weighted by Gasteiger charge is -2.29. The van der Waals surface area contributed by atoms with Crippen molar-refractivity contribution in [3.05, 3.63) is 30.4 Å².